The number of nitrogens with one attached hydrogen (secondary N) is 1. The Balaban J connectivity index is 2.02. The van der Waals surface area contributed by atoms with Gasteiger partial charge in [0.15, 0.2) is 5.76 Å². The van der Waals surface area contributed by atoms with E-state index in [0.29, 0.717) is 16.3 Å². The molecule has 126 valence electrons. The maximum absolute atomic E-state index is 12.7. The quantitative estimate of drug-likeness (QED) is 0.713. The molecule has 0 saturated heterocycles. The van der Waals surface area contributed by atoms with Crippen LogP contribution in [0.5, 0.6) is 0 Å². The summed E-state index contributed by atoms with van der Waals surface area (Å²) >= 11 is 5.84. The lowest BCUT2D eigenvalue weighted by Gasteiger charge is -2.06. The monoisotopic (exact) mass is 356 g/mol. The molecule has 3 aromatic rings. The molecule has 0 spiro atoms. The molecule has 0 aliphatic heterocycles. The van der Waals surface area contributed by atoms with Crippen LogP contribution in [0.4, 0.5) is 5.69 Å². The van der Waals surface area contributed by atoms with Gasteiger partial charge in [-0.15, -0.1) is 0 Å². The predicted molar refractivity (Wildman–Crippen MR) is 92.7 cm³/mol. The van der Waals surface area contributed by atoms with E-state index in [1.54, 1.807) is 48.5 Å². The Morgan fingerprint density at radius 2 is 1.76 bits per heavy atom. The average Bonchev–Trinajstić information content (AvgIpc) is 3.09. The first-order chi connectivity index (χ1) is 12.1. The predicted octanol–water partition coefficient (Wildman–Crippen LogP) is 4.03. The molecule has 25 heavy (non-hydrogen) atoms. The number of halogens is 1. The van der Waals surface area contributed by atoms with Crippen LogP contribution in [0.2, 0.25) is 5.02 Å². The number of carbonyl (C=O) groups excluding carboxylic acids is 2. The van der Waals surface area contributed by atoms with E-state index in [4.69, 9.17) is 16.1 Å². The molecule has 0 bridgehead atoms. The molecular weight excluding hydrogens is 344 g/mol. The maximum Gasteiger partial charge on any atom is 0.361 e. The van der Waals surface area contributed by atoms with Gasteiger partial charge in [-0.2, -0.15) is 0 Å². The number of aromatic nitrogens is 1. The van der Waals surface area contributed by atoms with Crippen molar-refractivity contribution in [1.29, 1.82) is 0 Å². The van der Waals surface area contributed by atoms with Crippen molar-refractivity contribution >= 4 is 29.2 Å². The Kier molecular flexibility index (Phi) is 4.81. The van der Waals surface area contributed by atoms with E-state index in [1.807, 2.05) is 6.07 Å². The van der Waals surface area contributed by atoms with Crippen molar-refractivity contribution in [1.82, 2.24) is 5.16 Å². The van der Waals surface area contributed by atoms with Gasteiger partial charge in [-0.25, -0.2) is 4.79 Å². The van der Waals surface area contributed by atoms with Crippen LogP contribution in [0.3, 0.4) is 0 Å². The van der Waals surface area contributed by atoms with Crippen LogP contribution in [0, 0.1) is 0 Å². The maximum atomic E-state index is 12.7. The van der Waals surface area contributed by atoms with Crippen LogP contribution in [-0.2, 0) is 4.74 Å². The molecule has 0 atom stereocenters. The molecule has 0 aliphatic carbocycles. The van der Waals surface area contributed by atoms with Gasteiger partial charge in [-0.05, 0) is 24.3 Å². The van der Waals surface area contributed by atoms with E-state index in [9.17, 15) is 9.59 Å². The van der Waals surface area contributed by atoms with Gasteiger partial charge in [0, 0.05) is 16.3 Å². The highest BCUT2D eigenvalue weighted by molar-refractivity contribution is 6.30. The van der Waals surface area contributed by atoms with Crippen molar-refractivity contribution in [2.24, 2.45) is 0 Å². The smallest absolute Gasteiger partial charge is 0.361 e. The fourth-order valence-electron chi connectivity index (χ4n) is 2.25. The molecule has 3 rings (SSSR count). The summed E-state index contributed by atoms with van der Waals surface area (Å²) in [6.45, 7) is 0. The third-order valence-corrected chi connectivity index (χ3v) is 3.69. The molecule has 6 nitrogen and oxygen atoms in total. The van der Waals surface area contributed by atoms with Crippen LogP contribution in [-0.4, -0.2) is 24.1 Å². The molecule has 0 fully saturated rings. The summed E-state index contributed by atoms with van der Waals surface area (Å²) in [5.41, 5.74) is 0.956. The zero-order chi connectivity index (χ0) is 17.8. The number of carbonyl (C=O) groups is 2. The van der Waals surface area contributed by atoms with Gasteiger partial charge in [-0.3, -0.25) is 4.79 Å². The topological polar surface area (TPSA) is 81.4 Å². The normalized spacial score (nSPS) is 10.3. The molecule has 1 amide bonds. The Labute approximate surface area is 148 Å². The van der Waals surface area contributed by atoms with Crippen molar-refractivity contribution in [3.8, 4) is 11.3 Å². The van der Waals surface area contributed by atoms with Crippen molar-refractivity contribution in [3.05, 3.63) is 70.9 Å². The third kappa shape index (κ3) is 3.54. The van der Waals surface area contributed by atoms with E-state index in [2.05, 4.69) is 15.2 Å². The first kappa shape index (κ1) is 16.7. The zero-order valence-corrected chi connectivity index (χ0v) is 13.9. The lowest BCUT2D eigenvalue weighted by atomic mass is 10.1. The van der Waals surface area contributed by atoms with E-state index in [1.165, 1.54) is 7.11 Å². The molecule has 7 heteroatoms. The summed E-state index contributed by atoms with van der Waals surface area (Å²) in [4.78, 5) is 24.7. The minimum Gasteiger partial charge on any atom is -0.464 e. The van der Waals surface area contributed by atoms with Gasteiger partial charge in [0.2, 0.25) is 5.69 Å². The Morgan fingerprint density at radius 1 is 1.08 bits per heavy atom. The Bertz CT molecular complexity index is 905. The third-order valence-electron chi connectivity index (χ3n) is 3.44. The lowest BCUT2D eigenvalue weighted by Crippen LogP contribution is -2.17. The van der Waals surface area contributed by atoms with Gasteiger partial charge >= 0.3 is 5.97 Å². The number of nitrogens with zero attached hydrogens (tertiary/aromatic N) is 1. The SMILES string of the molecule is COC(=O)c1noc(-c2ccccc2)c1C(=O)Nc1ccc(Cl)cc1. The average molecular weight is 357 g/mol. The highest BCUT2D eigenvalue weighted by Crippen LogP contribution is 2.28. The number of ether oxygens (including phenoxy) is 1. The van der Waals surface area contributed by atoms with Crippen LogP contribution in [0.1, 0.15) is 20.8 Å². The number of hydrogen-bond donors (Lipinski definition) is 1. The highest BCUT2D eigenvalue weighted by atomic mass is 35.5. The van der Waals surface area contributed by atoms with Gasteiger partial charge in [0.25, 0.3) is 5.91 Å². The molecule has 0 saturated carbocycles. The van der Waals surface area contributed by atoms with Crippen molar-refractivity contribution in [3.63, 3.8) is 0 Å². The highest BCUT2D eigenvalue weighted by Gasteiger charge is 2.29. The van der Waals surface area contributed by atoms with E-state index >= 15 is 0 Å². The second-order valence-corrected chi connectivity index (χ2v) is 5.49. The number of esters is 1. The summed E-state index contributed by atoms with van der Waals surface area (Å²) < 4.78 is 9.93. The van der Waals surface area contributed by atoms with Gasteiger partial charge in [0.05, 0.1) is 7.11 Å². The lowest BCUT2D eigenvalue weighted by molar-refractivity contribution is 0.0586. The first-order valence-corrected chi connectivity index (χ1v) is 7.68. The van der Waals surface area contributed by atoms with Crippen LogP contribution in [0.15, 0.2) is 59.1 Å². The summed E-state index contributed by atoms with van der Waals surface area (Å²) in [5, 5.41) is 6.95. The number of amides is 1. The van der Waals surface area contributed by atoms with E-state index in [0.717, 1.165) is 0 Å². The summed E-state index contributed by atoms with van der Waals surface area (Å²) in [5.74, 6) is -1.11. The molecule has 1 N–H and O–H groups in total. The standard InChI is InChI=1S/C18H13ClN2O4/c1-24-18(23)15-14(16(25-21-15)11-5-3-2-4-6-11)17(22)20-13-9-7-12(19)8-10-13/h2-10H,1H3,(H,20,22). The number of methoxy groups -OCH3 is 1. The summed E-state index contributed by atoms with van der Waals surface area (Å²) in [7, 11) is 1.21. The molecule has 2 aromatic carbocycles. The molecule has 1 aromatic heterocycles. The molecule has 0 unspecified atom stereocenters. The van der Waals surface area contributed by atoms with Crippen molar-refractivity contribution in [2.45, 2.75) is 0 Å². The van der Waals surface area contributed by atoms with Crippen LogP contribution in [0.25, 0.3) is 11.3 Å². The molecule has 0 aliphatic rings. The molecule has 1 heterocycles. The van der Waals surface area contributed by atoms with E-state index < -0.39 is 11.9 Å². The largest absolute Gasteiger partial charge is 0.464 e. The zero-order valence-electron chi connectivity index (χ0n) is 13.2. The number of rotatable bonds is 4. The number of hydrogen-bond acceptors (Lipinski definition) is 5. The Morgan fingerprint density at radius 3 is 2.40 bits per heavy atom. The second kappa shape index (κ2) is 7.19. The number of benzene rings is 2. The van der Waals surface area contributed by atoms with Gasteiger partial charge < -0.3 is 14.6 Å². The van der Waals surface area contributed by atoms with Gasteiger partial charge in [-0.1, -0.05) is 47.1 Å². The fraction of sp³-hybridized carbons (Fsp3) is 0.0556. The second-order valence-electron chi connectivity index (χ2n) is 5.05. The van der Waals surface area contributed by atoms with Crippen LogP contribution >= 0.6 is 11.6 Å². The van der Waals surface area contributed by atoms with Gasteiger partial charge in [0.1, 0.15) is 5.56 Å². The minimum absolute atomic E-state index is 0.00741. The fourth-order valence-corrected chi connectivity index (χ4v) is 2.38. The first-order valence-electron chi connectivity index (χ1n) is 7.30. The summed E-state index contributed by atoms with van der Waals surface area (Å²) in [6, 6.07) is 15.5. The molecule has 0 radical (unpaired) electrons. The van der Waals surface area contributed by atoms with Crippen LogP contribution < -0.4 is 5.32 Å². The Hall–Kier alpha value is -3.12. The van der Waals surface area contributed by atoms with E-state index in [-0.39, 0.29) is 17.0 Å². The minimum atomic E-state index is -0.757. The molecular formula is C18H13ClN2O4. The van der Waals surface area contributed by atoms with Crippen molar-refractivity contribution < 1.29 is 18.8 Å². The van der Waals surface area contributed by atoms with Crippen molar-refractivity contribution in [2.75, 3.05) is 12.4 Å². The summed E-state index contributed by atoms with van der Waals surface area (Å²) in [6.07, 6.45) is 0. The number of anilines is 1.